The van der Waals surface area contributed by atoms with Crippen molar-refractivity contribution >= 4 is 0 Å². The highest BCUT2D eigenvalue weighted by Crippen LogP contribution is 2.30. The molecule has 0 nitrogen and oxygen atoms in total. The summed E-state index contributed by atoms with van der Waals surface area (Å²) in [7, 11) is 0. The lowest BCUT2D eigenvalue weighted by atomic mass is 10.0. The van der Waals surface area contributed by atoms with Crippen LogP contribution in [0.25, 0.3) is 0 Å². The minimum Gasteiger partial charge on any atom is -0.166 e. The third-order valence-electron chi connectivity index (χ3n) is 1.60. The summed E-state index contributed by atoms with van der Waals surface area (Å²) in [6.07, 6.45) is -0.0325. The molecule has 0 unspecified atom stereocenters. The second-order valence-electron chi connectivity index (χ2n) is 2.49. The van der Waals surface area contributed by atoms with Crippen molar-refractivity contribution in [2.24, 2.45) is 0 Å². The number of hydrogen-bond acceptors (Lipinski definition) is 0. The van der Waals surface area contributed by atoms with E-state index < -0.39 is 11.7 Å². The van der Waals surface area contributed by atoms with Crippen molar-refractivity contribution in [3.8, 4) is 0 Å². The van der Waals surface area contributed by atoms with Crippen LogP contribution in [0.1, 0.15) is 20.3 Å². The standard InChI is InChI=1S/C10H13F3/c1-4-7-8(5-2)9(6-3)10(11,12)13/h4,6-7H,3,5H2,1-2H3/b7-4-,9-8+. The Balaban J connectivity index is 5.18. The first-order chi connectivity index (χ1) is 5.97. The maximum atomic E-state index is 12.3. The molecule has 0 N–H and O–H groups in total. The highest BCUT2D eigenvalue weighted by atomic mass is 19.4. The van der Waals surface area contributed by atoms with Gasteiger partial charge in [0.2, 0.25) is 0 Å². The Labute approximate surface area is 76.5 Å². The van der Waals surface area contributed by atoms with Crippen molar-refractivity contribution in [1.82, 2.24) is 0 Å². The lowest BCUT2D eigenvalue weighted by Gasteiger charge is -2.10. The summed E-state index contributed by atoms with van der Waals surface area (Å²) in [5.74, 6) is 0. The number of rotatable bonds is 3. The molecule has 74 valence electrons. The van der Waals surface area contributed by atoms with Gasteiger partial charge < -0.3 is 0 Å². The van der Waals surface area contributed by atoms with E-state index in [1.807, 2.05) is 0 Å². The Hall–Kier alpha value is -0.990. The zero-order chi connectivity index (χ0) is 10.5. The largest absolute Gasteiger partial charge is 0.416 e. The summed E-state index contributed by atoms with van der Waals surface area (Å²) in [6.45, 7) is 6.54. The van der Waals surface area contributed by atoms with Crippen LogP contribution in [0.15, 0.2) is 36.0 Å². The van der Waals surface area contributed by atoms with Gasteiger partial charge >= 0.3 is 6.18 Å². The van der Waals surface area contributed by atoms with E-state index in [1.54, 1.807) is 19.9 Å². The van der Waals surface area contributed by atoms with Crippen molar-refractivity contribution in [3.05, 3.63) is 36.0 Å². The number of allylic oxidation sites excluding steroid dienone is 5. The van der Waals surface area contributed by atoms with Crippen LogP contribution < -0.4 is 0 Å². The summed E-state index contributed by atoms with van der Waals surface area (Å²) in [4.78, 5) is 0. The molecule has 0 aliphatic rings. The van der Waals surface area contributed by atoms with Gasteiger partial charge in [-0.15, -0.1) is 0 Å². The normalized spacial score (nSPS) is 14.5. The zero-order valence-corrected chi connectivity index (χ0v) is 7.78. The third-order valence-corrected chi connectivity index (χ3v) is 1.60. The summed E-state index contributed by atoms with van der Waals surface area (Å²) in [5.41, 5.74) is -0.377. The van der Waals surface area contributed by atoms with Gasteiger partial charge in [-0.2, -0.15) is 13.2 Å². The van der Waals surface area contributed by atoms with Gasteiger partial charge in [0, 0.05) is 0 Å². The molecule has 0 heterocycles. The Morgan fingerprint density at radius 3 is 2.15 bits per heavy atom. The Kier molecular flexibility index (Phi) is 4.52. The fraction of sp³-hybridized carbons (Fsp3) is 0.400. The summed E-state index contributed by atoms with van der Waals surface area (Å²) < 4.78 is 37.0. The maximum absolute atomic E-state index is 12.3. The van der Waals surface area contributed by atoms with Gasteiger partial charge in [-0.05, 0) is 18.9 Å². The van der Waals surface area contributed by atoms with Crippen LogP contribution >= 0.6 is 0 Å². The molecule has 0 aliphatic heterocycles. The quantitative estimate of drug-likeness (QED) is 0.589. The molecule has 0 aromatic carbocycles. The van der Waals surface area contributed by atoms with Gasteiger partial charge in [-0.3, -0.25) is 0 Å². The Morgan fingerprint density at radius 2 is 1.92 bits per heavy atom. The minimum absolute atomic E-state index is 0.269. The van der Waals surface area contributed by atoms with Crippen molar-refractivity contribution < 1.29 is 13.2 Å². The second kappa shape index (κ2) is 4.90. The monoisotopic (exact) mass is 190 g/mol. The average molecular weight is 190 g/mol. The molecule has 0 atom stereocenters. The molecular weight excluding hydrogens is 177 g/mol. The van der Waals surface area contributed by atoms with Gasteiger partial charge in [0.15, 0.2) is 0 Å². The van der Waals surface area contributed by atoms with Crippen LogP contribution in [0.5, 0.6) is 0 Å². The lowest BCUT2D eigenvalue weighted by molar-refractivity contribution is -0.0888. The molecule has 0 spiro atoms. The highest BCUT2D eigenvalue weighted by molar-refractivity contribution is 5.35. The van der Waals surface area contributed by atoms with E-state index in [0.717, 1.165) is 6.08 Å². The molecule has 13 heavy (non-hydrogen) atoms. The highest BCUT2D eigenvalue weighted by Gasteiger charge is 2.32. The number of hydrogen-bond donors (Lipinski definition) is 0. The molecule has 0 saturated heterocycles. The minimum atomic E-state index is -4.30. The van der Waals surface area contributed by atoms with Crippen LogP contribution in [0.3, 0.4) is 0 Å². The SMILES string of the molecule is C=C/C(=C(\C=C/C)CC)C(F)(F)F. The molecule has 0 rings (SSSR count). The molecular formula is C10H13F3. The first kappa shape index (κ1) is 12.0. The molecule has 0 fully saturated rings. The average Bonchev–Trinajstić information content (AvgIpc) is 2.01. The smallest absolute Gasteiger partial charge is 0.166 e. The summed E-state index contributed by atoms with van der Waals surface area (Å²) in [6, 6.07) is 0. The summed E-state index contributed by atoms with van der Waals surface area (Å²) in [5, 5.41) is 0. The van der Waals surface area contributed by atoms with E-state index in [4.69, 9.17) is 0 Å². The first-order valence-corrected chi connectivity index (χ1v) is 4.02. The topological polar surface area (TPSA) is 0 Å². The molecule has 0 amide bonds. The van der Waals surface area contributed by atoms with E-state index in [9.17, 15) is 13.2 Å². The van der Waals surface area contributed by atoms with Crippen LogP contribution in [-0.4, -0.2) is 6.18 Å². The predicted molar refractivity (Wildman–Crippen MR) is 48.4 cm³/mol. The van der Waals surface area contributed by atoms with Crippen LogP contribution in [0.4, 0.5) is 13.2 Å². The van der Waals surface area contributed by atoms with E-state index in [2.05, 4.69) is 6.58 Å². The molecule has 0 aromatic heterocycles. The van der Waals surface area contributed by atoms with Crippen LogP contribution in [0, 0.1) is 0 Å². The van der Waals surface area contributed by atoms with Crippen molar-refractivity contribution in [2.45, 2.75) is 26.4 Å². The van der Waals surface area contributed by atoms with E-state index in [-0.39, 0.29) is 5.57 Å². The fourth-order valence-electron chi connectivity index (χ4n) is 1.03. The van der Waals surface area contributed by atoms with Gasteiger partial charge in [-0.1, -0.05) is 31.7 Å². The molecule has 0 aromatic rings. The fourth-order valence-corrected chi connectivity index (χ4v) is 1.03. The van der Waals surface area contributed by atoms with Crippen molar-refractivity contribution in [1.29, 1.82) is 0 Å². The molecule has 3 heteroatoms. The van der Waals surface area contributed by atoms with Crippen LogP contribution in [0.2, 0.25) is 0 Å². The van der Waals surface area contributed by atoms with E-state index in [0.29, 0.717) is 6.42 Å². The molecule has 0 radical (unpaired) electrons. The van der Waals surface area contributed by atoms with E-state index >= 15 is 0 Å². The summed E-state index contributed by atoms with van der Waals surface area (Å²) >= 11 is 0. The molecule has 0 bridgehead atoms. The van der Waals surface area contributed by atoms with E-state index in [1.165, 1.54) is 6.08 Å². The molecule has 0 aliphatic carbocycles. The van der Waals surface area contributed by atoms with Gasteiger partial charge in [0.1, 0.15) is 0 Å². The second-order valence-corrected chi connectivity index (χ2v) is 2.49. The van der Waals surface area contributed by atoms with Gasteiger partial charge in [0.05, 0.1) is 5.57 Å². The first-order valence-electron chi connectivity index (χ1n) is 4.02. The molecule has 0 saturated carbocycles. The Bertz CT molecular complexity index is 231. The van der Waals surface area contributed by atoms with Gasteiger partial charge in [0.25, 0.3) is 0 Å². The maximum Gasteiger partial charge on any atom is 0.416 e. The lowest BCUT2D eigenvalue weighted by Crippen LogP contribution is -2.11. The predicted octanol–water partition coefficient (Wildman–Crippen LogP) is 4.02. The van der Waals surface area contributed by atoms with Crippen LogP contribution in [-0.2, 0) is 0 Å². The Morgan fingerprint density at radius 1 is 1.38 bits per heavy atom. The number of alkyl halides is 3. The zero-order valence-electron chi connectivity index (χ0n) is 7.78. The number of halogens is 3. The van der Waals surface area contributed by atoms with Crippen molar-refractivity contribution in [3.63, 3.8) is 0 Å². The third kappa shape index (κ3) is 3.49. The van der Waals surface area contributed by atoms with Crippen molar-refractivity contribution in [2.75, 3.05) is 0 Å². The van der Waals surface area contributed by atoms with Gasteiger partial charge in [-0.25, -0.2) is 0 Å².